The summed E-state index contributed by atoms with van der Waals surface area (Å²) in [7, 11) is 0. The Kier molecular flexibility index (Phi) is 5.14. The molecule has 1 aliphatic rings. The van der Waals surface area contributed by atoms with Crippen molar-refractivity contribution in [2.24, 2.45) is 0 Å². The van der Waals surface area contributed by atoms with E-state index in [-0.39, 0.29) is 24.5 Å². The number of ether oxygens (including phenoxy) is 1. The lowest BCUT2D eigenvalue weighted by Crippen LogP contribution is -2.43. The Morgan fingerprint density at radius 1 is 1.46 bits per heavy atom. The summed E-state index contributed by atoms with van der Waals surface area (Å²) in [4.78, 5) is 26.5. The summed E-state index contributed by atoms with van der Waals surface area (Å²) in [5.41, 5.74) is 0.358. The summed E-state index contributed by atoms with van der Waals surface area (Å²) < 4.78 is 11.0. The molecule has 0 spiro atoms. The van der Waals surface area contributed by atoms with Crippen molar-refractivity contribution in [3.05, 3.63) is 36.0 Å². The lowest BCUT2D eigenvalue weighted by Gasteiger charge is -2.32. The van der Waals surface area contributed by atoms with Crippen LogP contribution in [0, 0.1) is 0 Å². The van der Waals surface area contributed by atoms with Crippen molar-refractivity contribution >= 4 is 5.91 Å². The number of carbonyl (C=O) groups excluding carboxylic acids is 1. The van der Waals surface area contributed by atoms with Gasteiger partial charge in [-0.25, -0.2) is 4.98 Å². The fourth-order valence-corrected chi connectivity index (χ4v) is 2.58. The largest absolute Gasteiger partial charge is 0.367 e. The standard InChI is InChI=1S/C16H21N5O3/c1-11(2)15-19-14(24-20-15)10-23-12-4-3-7-21(9-12)16(22)13-8-17-5-6-18-13/h5-6,8,11-12H,3-4,7,9-10H2,1-2H3. The van der Waals surface area contributed by atoms with Gasteiger partial charge in [0.2, 0.25) is 0 Å². The minimum absolute atomic E-state index is 0.0474. The molecular formula is C16H21N5O3. The van der Waals surface area contributed by atoms with Crippen molar-refractivity contribution in [1.82, 2.24) is 25.0 Å². The molecular weight excluding hydrogens is 310 g/mol. The van der Waals surface area contributed by atoms with E-state index in [1.165, 1.54) is 12.4 Å². The maximum atomic E-state index is 12.4. The molecule has 8 nitrogen and oxygen atoms in total. The molecule has 0 N–H and O–H groups in total. The van der Waals surface area contributed by atoms with Gasteiger partial charge in [-0.05, 0) is 12.8 Å². The van der Waals surface area contributed by atoms with E-state index in [9.17, 15) is 4.79 Å². The molecule has 8 heteroatoms. The van der Waals surface area contributed by atoms with Gasteiger partial charge in [0.05, 0.1) is 12.3 Å². The lowest BCUT2D eigenvalue weighted by molar-refractivity contribution is -0.0155. The summed E-state index contributed by atoms with van der Waals surface area (Å²) in [6, 6.07) is 0. The molecule has 1 amide bonds. The van der Waals surface area contributed by atoms with E-state index in [0.717, 1.165) is 12.8 Å². The summed E-state index contributed by atoms with van der Waals surface area (Å²) >= 11 is 0. The molecule has 0 aromatic carbocycles. The Labute approximate surface area is 140 Å². The molecule has 1 unspecified atom stereocenters. The number of nitrogens with zero attached hydrogens (tertiary/aromatic N) is 5. The molecule has 1 fully saturated rings. The second kappa shape index (κ2) is 7.48. The van der Waals surface area contributed by atoms with Crippen molar-refractivity contribution in [2.75, 3.05) is 13.1 Å². The van der Waals surface area contributed by atoms with Gasteiger partial charge in [-0.15, -0.1) is 0 Å². The molecule has 24 heavy (non-hydrogen) atoms. The van der Waals surface area contributed by atoms with Gasteiger partial charge in [0, 0.05) is 31.4 Å². The quantitative estimate of drug-likeness (QED) is 0.824. The average Bonchev–Trinajstić information content (AvgIpc) is 3.10. The van der Waals surface area contributed by atoms with E-state index in [1.807, 2.05) is 13.8 Å². The molecule has 1 atom stereocenters. The molecule has 1 aliphatic heterocycles. The zero-order valence-electron chi connectivity index (χ0n) is 13.9. The highest BCUT2D eigenvalue weighted by Crippen LogP contribution is 2.17. The lowest BCUT2D eigenvalue weighted by atomic mass is 10.1. The number of hydrogen-bond acceptors (Lipinski definition) is 7. The third-order valence-electron chi connectivity index (χ3n) is 3.89. The first-order valence-corrected chi connectivity index (χ1v) is 8.13. The van der Waals surface area contributed by atoms with Crippen molar-refractivity contribution in [3.8, 4) is 0 Å². The zero-order valence-corrected chi connectivity index (χ0v) is 13.9. The van der Waals surface area contributed by atoms with Crippen LogP contribution >= 0.6 is 0 Å². The fraction of sp³-hybridized carbons (Fsp3) is 0.562. The first kappa shape index (κ1) is 16.5. The Morgan fingerprint density at radius 3 is 3.04 bits per heavy atom. The Balaban J connectivity index is 1.54. The first-order valence-electron chi connectivity index (χ1n) is 8.13. The molecule has 1 saturated heterocycles. The third kappa shape index (κ3) is 3.94. The van der Waals surface area contributed by atoms with Gasteiger partial charge < -0.3 is 14.2 Å². The third-order valence-corrected chi connectivity index (χ3v) is 3.89. The minimum atomic E-state index is -0.115. The van der Waals surface area contributed by atoms with Gasteiger partial charge in [0.25, 0.3) is 11.8 Å². The van der Waals surface area contributed by atoms with Crippen LogP contribution in [0.15, 0.2) is 23.1 Å². The molecule has 0 radical (unpaired) electrons. The monoisotopic (exact) mass is 331 g/mol. The van der Waals surface area contributed by atoms with E-state index in [2.05, 4.69) is 20.1 Å². The fourth-order valence-electron chi connectivity index (χ4n) is 2.58. The van der Waals surface area contributed by atoms with Gasteiger partial charge >= 0.3 is 0 Å². The predicted molar refractivity (Wildman–Crippen MR) is 84.1 cm³/mol. The van der Waals surface area contributed by atoms with Gasteiger partial charge in [0.1, 0.15) is 12.3 Å². The normalized spacial score (nSPS) is 18.1. The average molecular weight is 331 g/mol. The van der Waals surface area contributed by atoms with Crippen molar-refractivity contribution in [1.29, 1.82) is 0 Å². The summed E-state index contributed by atoms with van der Waals surface area (Å²) in [5.74, 6) is 1.25. The van der Waals surface area contributed by atoms with Crippen LogP contribution in [-0.4, -0.2) is 50.1 Å². The Bertz CT molecular complexity index is 673. The molecule has 0 aliphatic carbocycles. The summed E-state index contributed by atoms with van der Waals surface area (Å²) in [6.07, 6.45) is 6.29. The molecule has 128 valence electrons. The highest BCUT2D eigenvalue weighted by atomic mass is 16.5. The van der Waals surface area contributed by atoms with E-state index < -0.39 is 0 Å². The zero-order chi connectivity index (χ0) is 16.9. The van der Waals surface area contributed by atoms with E-state index in [4.69, 9.17) is 9.26 Å². The highest BCUT2D eigenvalue weighted by molar-refractivity contribution is 5.92. The molecule has 2 aromatic rings. The van der Waals surface area contributed by atoms with Crippen LogP contribution in [0.3, 0.4) is 0 Å². The summed E-state index contributed by atoms with van der Waals surface area (Å²) in [5, 5.41) is 3.92. The number of aromatic nitrogens is 4. The molecule has 3 heterocycles. The summed E-state index contributed by atoms with van der Waals surface area (Å²) in [6.45, 7) is 5.50. The second-order valence-corrected chi connectivity index (χ2v) is 6.12. The Morgan fingerprint density at radius 2 is 2.33 bits per heavy atom. The van der Waals surface area contributed by atoms with Crippen molar-refractivity contribution < 1.29 is 14.1 Å². The van der Waals surface area contributed by atoms with Crippen LogP contribution in [-0.2, 0) is 11.3 Å². The van der Waals surface area contributed by atoms with Gasteiger partial charge in [-0.1, -0.05) is 19.0 Å². The number of hydrogen-bond donors (Lipinski definition) is 0. The maximum absolute atomic E-state index is 12.4. The Hall–Kier alpha value is -2.35. The number of likely N-dealkylation sites (tertiary alicyclic amines) is 1. The molecule has 2 aromatic heterocycles. The first-order chi connectivity index (χ1) is 11.6. The number of amides is 1. The van der Waals surface area contributed by atoms with E-state index >= 15 is 0 Å². The second-order valence-electron chi connectivity index (χ2n) is 6.12. The topological polar surface area (TPSA) is 94.2 Å². The highest BCUT2D eigenvalue weighted by Gasteiger charge is 2.26. The van der Waals surface area contributed by atoms with E-state index in [0.29, 0.717) is 30.5 Å². The van der Waals surface area contributed by atoms with E-state index in [1.54, 1.807) is 11.1 Å². The maximum Gasteiger partial charge on any atom is 0.274 e. The van der Waals surface area contributed by atoms with Gasteiger partial charge in [-0.3, -0.25) is 9.78 Å². The van der Waals surface area contributed by atoms with Crippen LogP contribution in [0.1, 0.15) is 54.8 Å². The van der Waals surface area contributed by atoms with Crippen molar-refractivity contribution in [3.63, 3.8) is 0 Å². The number of piperidine rings is 1. The van der Waals surface area contributed by atoms with Crippen LogP contribution in [0.2, 0.25) is 0 Å². The van der Waals surface area contributed by atoms with Gasteiger partial charge in [-0.2, -0.15) is 4.98 Å². The van der Waals surface area contributed by atoms with Crippen LogP contribution in [0.4, 0.5) is 0 Å². The van der Waals surface area contributed by atoms with Crippen LogP contribution in [0.5, 0.6) is 0 Å². The van der Waals surface area contributed by atoms with Crippen molar-refractivity contribution in [2.45, 2.75) is 45.3 Å². The number of carbonyl (C=O) groups is 1. The van der Waals surface area contributed by atoms with Gasteiger partial charge in [0.15, 0.2) is 5.82 Å². The number of rotatable bonds is 5. The molecule has 3 rings (SSSR count). The molecule has 0 saturated carbocycles. The van der Waals surface area contributed by atoms with Crippen LogP contribution in [0.25, 0.3) is 0 Å². The predicted octanol–water partition coefficient (Wildman–Crippen LogP) is 1.80. The minimum Gasteiger partial charge on any atom is -0.367 e. The molecule has 0 bridgehead atoms. The van der Waals surface area contributed by atoms with Crippen LogP contribution < -0.4 is 0 Å². The smallest absolute Gasteiger partial charge is 0.274 e. The SMILES string of the molecule is CC(C)c1noc(COC2CCCN(C(=O)c3cnccn3)C2)n1.